The predicted molar refractivity (Wildman–Crippen MR) is 102 cm³/mol. The van der Waals surface area contributed by atoms with Crippen LogP contribution in [0.15, 0.2) is 42.5 Å². The Morgan fingerprint density at radius 1 is 1.17 bits per heavy atom. The summed E-state index contributed by atoms with van der Waals surface area (Å²) in [5.41, 5.74) is 1.13. The van der Waals surface area contributed by atoms with Crippen LogP contribution in [0.1, 0.15) is 12.0 Å². The zero-order chi connectivity index (χ0) is 21.7. The van der Waals surface area contributed by atoms with Crippen molar-refractivity contribution in [2.45, 2.75) is 19.2 Å². The van der Waals surface area contributed by atoms with Crippen molar-refractivity contribution in [3.05, 3.63) is 48.0 Å². The molecule has 3 aromatic rings. The van der Waals surface area contributed by atoms with Gasteiger partial charge in [0.1, 0.15) is 11.5 Å². The molecule has 158 valence electrons. The van der Waals surface area contributed by atoms with Gasteiger partial charge in [0.15, 0.2) is 11.7 Å². The highest BCUT2D eigenvalue weighted by molar-refractivity contribution is 7.22. The number of carbonyl (C=O) groups excluding carboxylic acids is 2. The molecule has 7 nitrogen and oxygen atoms in total. The number of alkyl halides is 3. The number of aromatic nitrogens is 1. The summed E-state index contributed by atoms with van der Waals surface area (Å²) in [6, 6.07) is 10.1. The molecule has 0 atom stereocenters. The molecular weight excluding hydrogens is 425 g/mol. The van der Waals surface area contributed by atoms with E-state index in [0.717, 1.165) is 29.0 Å². The third kappa shape index (κ3) is 6.34. The summed E-state index contributed by atoms with van der Waals surface area (Å²) in [4.78, 5) is 27.8. The molecule has 1 heterocycles. The topological polar surface area (TPSA) is 97.8 Å². The highest BCUT2D eigenvalue weighted by Crippen LogP contribution is 2.31. The fourth-order valence-electron chi connectivity index (χ4n) is 2.49. The van der Waals surface area contributed by atoms with Crippen molar-refractivity contribution in [3.8, 4) is 11.5 Å². The lowest BCUT2D eigenvalue weighted by Gasteiger charge is -2.07. The Kier molecular flexibility index (Phi) is 6.40. The summed E-state index contributed by atoms with van der Waals surface area (Å²) in [5, 5.41) is 12.0. The van der Waals surface area contributed by atoms with Crippen LogP contribution in [0, 0.1) is 0 Å². The summed E-state index contributed by atoms with van der Waals surface area (Å²) < 4.78 is 46.0. The predicted octanol–water partition coefficient (Wildman–Crippen LogP) is 4.02. The Labute approximate surface area is 172 Å². The van der Waals surface area contributed by atoms with Crippen LogP contribution >= 0.6 is 11.3 Å². The van der Waals surface area contributed by atoms with Gasteiger partial charge in [-0.25, -0.2) is 4.98 Å². The zero-order valence-corrected chi connectivity index (χ0v) is 16.0. The van der Waals surface area contributed by atoms with E-state index in [4.69, 9.17) is 4.74 Å². The molecule has 11 heteroatoms. The second-order valence-corrected chi connectivity index (χ2v) is 7.11. The Hall–Kier alpha value is -3.34. The van der Waals surface area contributed by atoms with Crippen molar-refractivity contribution in [2.24, 2.45) is 0 Å². The number of rotatable bonds is 7. The van der Waals surface area contributed by atoms with Gasteiger partial charge >= 0.3 is 12.3 Å². The summed E-state index contributed by atoms with van der Waals surface area (Å²) in [5.74, 6) is -1.52. The van der Waals surface area contributed by atoms with E-state index in [-0.39, 0.29) is 17.3 Å². The van der Waals surface area contributed by atoms with Gasteiger partial charge in [0.2, 0.25) is 0 Å². The van der Waals surface area contributed by atoms with Crippen molar-refractivity contribution in [3.63, 3.8) is 0 Å². The van der Waals surface area contributed by atoms with Gasteiger partial charge in [0, 0.05) is 12.5 Å². The minimum Gasteiger partial charge on any atom is -0.508 e. The molecule has 3 rings (SSSR count). The molecule has 0 aliphatic rings. The van der Waals surface area contributed by atoms with Gasteiger partial charge in [-0.3, -0.25) is 14.9 Å². The van der Waals surface area contributed by atoms with E-state index in [2.05, 4.69) is 15.0 Å². The first-order chi connectivity index (χ1) is 14.2. The fourth-order valence-corrected chi connectivity index (χ4v) is 3.40. The van der Waals surface area contributed by atoms with Gasteiger partial charge in [0.25, 0.3) is 5.91 Å². The van der Waals surface area contributed by atoms with E-state index in [0.29, 0.717) is 16.6 Å². The Bertz CT molecular complexity index is 1070. The summed E-state index contributed by atoms with van der Waals surface area (Å²) in [7, 11) is 0. The first-order valence-corrected chi connectivity index (χ1v) is 9.39. The van der Waals surface area contributed by atoms with Crippen LogP contribution in [0.2, 0.25) is 0 Å². The number of benzene rings is 2. The Morgan fingerprint density at radius 2 is 1.97 bits per heavy atom. The van der Waals surface area contributed by atoms with Gasteiger partial charge in [-0.15, -0.1) is 13.2 Å². The summed E-state index contributed by atoms with van der Waals surface area (Å²) >= 11 is 0.954. The highest BCUT2D eigenvalue weighted by Gasteiger charge is 2.31. The standard InChI is InChI=1S/C19H15F3N2O5S/c20-19(21,22)29-13-5-6-14-15(9-13)30-18(23-14)24-16(26)10-28-17(27)7-4-11-2-1-3-12(25)8-11/h1-3,5-6,8-9,25H,4,7,10H2,(H,23,24,26). The molecule has 0 unspecified atom stereocenters. The molecule has 0 radical (unpaired) electrons. The summed E-state index contributed by atoms with van der Waals surface area (Å²) in [6.45, 7) is -0.531. The highest BCUT2D eigenvalue weighted by atomic mass is 32.1. The number of hydrogen-bond donors (Lipinski definition) is 2. The maximum absolute atomic E-state index is 12.3. The Morgan fingerprint density at radius 3 is 2.70 bits per heavy atom. The number of nitrogens with zero attached hydrogens (tertiary/aromatic N) is 1. The maximum atomic E-state index is 12.3. The van der Waals surface area contributed by atoms with Crippen LogP contribution in [-0.2, 0) is 20.7 Å². The number of hydrogen-bond acceptors (Lipinski definition) is 7. The molecule has 2 N–H and O–H groups in total. The first-order valence-electron chi connectivity index (χ1n) is 8.58. The van der Waals surface area contributed by atoms with Gasteiger partial charge in [-0.05, 0) is 36.2 Å². The van der Waals surface area contributed by atoms with Crippen LogP contribution < -0.4 is 10.1 Å². The lowest BCUT2D eigenvalue weighted by molar-refractivity contribution is -0.274. The van der Waals surface area contributed by atoms with Crippen molar-refractivity contribution in [1.29, 1.82) is 0 Å². The molecule has 1 aromatic heterocycles. The molecule has 0 bridgehead atoms. The number of carbonyl (C=O) groups is 2. The molecular formula is C19H15F3N2O5S. The molecule has 0 fully saturated rings. The second-order valence-electron chi connectivity index (χ2n) is 6.08. The van der Waals surface area contributed by atoms with Crippen LogP contribution in [0.4, 0.5) is 18.3 Å². The number of fused-ring (bicyclic) bond motifs is 1. The SMILES string of the molecule is O=C(COC(=O)CCc1cccc(O)c1)Nc1nc2ccc(OC(F)(F)F)cc2s1. The number of ether oxygens (including phenoxy) is 2. The van der Waals surface area contributed by atoms with Crippen molar-refractivity contribution in [1.82, 2.24) is 4.98 Å². The minimum absolute atomic E-state index is 0.0276. The second kappa shape index (κ2) is 8.99. The van der Waals surface area contributed by atoms with Crippen LogP contribution in [0.5, 0.6) is 11.5 Å². The smallest absolute Gasteiger partial charge is 0.508 e. The van der Waals surface area contributed by atoms with E-state index in [1.54, 1.807) is 12.1 Å². The van der Waals surface area contributed by atoms with Crippen LogP contribution in [0.25, 0.3) is 10.2 Å². The first kappa shape index (κ1) is 21.4. The number of phenolic OH excluding ortho intramolecular Hbond substituents is 1. The molecule has 0 aliphatic heterocycles. The Balaban J connectivity index is 1.49. The van der Waals surface area contributed by atoms with E-state index in [9.17, 15) is 27.9 Å². The fraction of sp³-hybridized carbons (Fsp3) is 0.211. The number of esters is 1. The van der Waals surface area contributed by atoms with Gasteiger partial charge in [0.05, 0.1) is 10.2 Å². The van der Waals surface area contributed by atoms with Gasteiger partial charge in [-0.1, -0.05) is 23.5 Å². The average Bonchev–Trinajstić information content (AvgIpc) is 3.05. The summed E-state index contributed by atoms with van der Waals surface area (Å²) in [6.07, 6.45) is -4.44. The third-order valence-electron chi connectivity index (χ3n) is 3.73. The molecule has 2 aromatic carbocycles. The van der Waals surface area contributed by atoms with Crippen molar-refractivity contribution in [2.75, 3.05) is 11.9 Å². The lowest BCUT2D eigenvalue weighted by Crippen LogP contribution is -2.20. The number of amides is 1. The minimum atomic E-state index is -4.81. The van der Waals surface area contributed by atoms with Crippen LogP contribution in [0.3, 0.4) is 0 Å². The van der Waals surface area contributed by atoms with Crippen molar-refractivity contribution < 1.29 is 37.3 Å². The number of nitrogens with one attached hydrogen (secondary N) is 1. The van der Waals surface area contributed by atoms with Crippen molar-refractivity contribution >= 4 is 38.6 Å². The normalized spacial score (nSPS) is 11.3. The number of thiazole rings is 1. The maximum Gasteiger partial charge on any atom is 0.573 e. The number of aromatic hydroxyl groups is 1. The van der Waals surface area contributed by atoms with E-state index in [1.165, 1.54) is 18.2 Å². The molecule has 1 amide bonds. The van der Waals surface area contributed by atoms with Crippen LogP contribution in [-0.4, -0.2) is 34.9 Å². The zero-order valence-electron chi connectivity index (χ0n) is 15.2. The van der Waals surface area contributed by atoms with E-state index >= 15 is 0 Å². The quantitative estimate of drug-likeness (QED) is 0.539. The van der Waals surface area contributed by atoms with E-state index in [1.807, 2.05) is 0 Å². The molecule has 0 spiro atoms. The number of aryl methyl sites for hydroxylation is 1. The molecule has 0 aliphatic carbocycles. The monoisotopic (exact) mass is 440 g/mol. The molecule has 0 saturated heterocycles. The molecule has 30 heavy (non-hydrogen) atoms. The number of halogens is 3. The third-order valence-corrected chi connectivity index (χ3v) is 4.67. The number of phenols is 1. The number of anilines is 1. The van der Waals surface area contributed by atoms with E-state index < -0.39 is 30.6 Å². The lowest BCUT2D eigenvalue weighted by atomic mass is 10.1. The van der Waals surface area contributed by atoms with Gasteiger partial charge in [-0.2, -0.15) is 0 Å². The largest absolute Gasteiger partial charge is 0.573 e. The average molecular weight is 440 g/mol. The van der Waals surface area contributed by atoms with Gasteiger partial charge < -0.3 is 14.6 Å². The molecule has 0 saturated carbocycles.